The second-order valence-electron chi connectivity index (χ2n) is 13.0. The number of ether oxygens (including phenoxy) is 3. The zero-order chi connectivity index (χ0) is 43.3. The maximum atomic E-state index is 12.7. The summed E-state index contributed by atoms with van der Waals surface area (Å²) in [7, 11) is -11.0. The molecule has 10 N–H and O–H groups in total. The highest BCUT2D eigenvalue weighted by atomic mass is 31.3. The number of hydrogen-bond acceptors (Lipinski definition) is 22. The van der Waals surface area contributed by atoms with E-state index in [1.54, 1.807) is 0 Å². The van der Waals surface area contributed by atoms with Gasteiger partial charge in [0, 0.05) is 6.07 Å². The number of aliphatic hydroxyl groups is 4. The first-order valence-corrected chi connectivity index (χ1v) is 20.1. The van der Waals surface area contributed by atoms with E-state index >= 15 is 0 Å². The van der Waals surface area contributed by atoms with E-state index in [4.69, 9.17) is 29.0 Å². The monoisotopic (exact) mass is 885 g/mol. The number of aromatic amines is 1. The Labute approximate surface area is 332 Å². The number of nitro benzene ring substituents is 1. The Bertz CT molecular complexity index is 2590. The Hall–Kier alpha value is -5.39. The van der Waals surface area contributed by atoms with Crippen LogP contribution in [0.2, 0.25) is 0 Å². The molecule has 60 heavy (non-hydrogen) atoms. The van der Waals surface area contributed by atoms with Gasteiger partial charge in [0.1, 0.15) is 49.1 Å². The number of nitro groups is 1. The van der Waals surface area contributed by atoms with Crippen LogP contribution < -0.4 is 16.6 Å². The average molecular weight is 886 g/mol. The molecule has 322 valence electrons. The number of amides is 1. The summed E-state index contributed by atoms with van der Waals surface area (Å²) in [6.45, 7) is -0.593. The standard InChI is InChI=1S/C29H33N11O18P2/c1-11(12-4-2-3-5-13(12)40(47)48)55-29(46)35-22-16-23(32-8-31-22)38(9-33-16)26-20(43)18(41)14(56-26)6-53-59(49,50)58-60(51,52)54-7-15-19(42)21(44)27(57-15)39-10-34-17-24(39)36-28(30)37-25(17)45/h2-5,8-11,14-15,18-21,26-27,41-44H,6-7H2,1H3,(H,49,50)(H,51,52)(H3,30,36,37,45)(H,31,32,35,46)/t11?,14-,15-,18?,19+,20+,21?,26-,27-/m1/s1. The topological polar surface area (TPSA) is 416 Å². The molecule has 0 radical (unpaired) electrons. The minimum absolute atomic E-state index is 0.0513. The molecule has 0 aliphatic carbocycles. The summed E-state index contributed by atoms with van der Waals surface area (Å²) < 4.78 is 57.8. The lowest BCUT2D eigenvalue weighted by molar-refractivity contribution is -0.386. The number of anilines is 2. The van der Waals surface area contributed by atoms with E-state index in [0.29, 0.717) is 0 Å². The number of imidazole rings is 2. The van der Waals surface area contributed by atoms with Crippen LogP contribution in [0.25, 0.3) is 22.3 Å². The molecule has 2 aliphatic rings. The van der Waals surface area contributed by atoms with Crippen LogP contribution in [-0.4, -0.2) is 130 Å². The van der Waals surface area contributed by atoms with Gasteiger partial charge in [-0.2, -0.15) is 9.29 Å². The van der Waals surface area contributed by atoms with Gasteiger partial charge >= 0.3 is 21.7 Å². The van der Waals surface area contributed by atoms with Crippen LogP contribution in [0.15, 0.2) is 48.0 Å². The van der Waals surface area contributed by atoms with Gasteiger partial charge in [0.25, 0.3) is 11.2 Å². The van der Waals surface area contributed by atoms with Crippen LogP contribution in [0, 0.1) is 10.1 Å². The quantitative estimate of drug-likeness (QED) is 0.0376. The van der Waals surface area contributed by atoms with Gasteiger partial charge in [-0.25, -0.2) is 33.9 Å². The summed E-state index contributed by atoms with van der Waals surface area (Å²) >= 11 is 0. The first-order chi connectivity index (χ1) is 28.3. The highest BCUT2D eigenvalue weighted by Gasteiger charge is 2.48. The molecular weight excluding hydrogens is 852 g/mol. The summed E-state index contributed by atoms with van der Waals surface area (Å²) in [6.07, 6.45) is -12.1. The maximum Gasteiger partial charge on any atom is 0.481 e. The molecule has 2 saturated heterocycles. The molecule has 4 aromatic heterocycles. The van der Waals surface area contributed by atoms with Gasteiger partial charge < -0.3 is 50.2 Å². The minimum Gasteiger partial charge on any atom is -0.441 e. The number of carbonyl (C=O) groups is 1. The number of phosphoric ester groups is 2. The number of nitrogen functional groups attached to an aromatic ring is 1. The molecule has 31 heteroatoms. The summed E-state index contributed by atoms with van der Waals surface area (Å²) in [4.78, 5) is 78.2. The van der Waals surface area contributed by atoms with E-state index in [9.17, 15) is 59.0 Å². The zero-order valence-corrected chi connectivity index (χ0v) is 32.1. The van der Waals surface area contributed by atoms with Crippen molar-refractivity contribution in [1.82, 2.24) is 39.0 Å². The number of aromatic nitrogens is 8. The molecule has 0 bridgehead atoms. The number of carbonyl (C=O) groups excluding carboxylic acids is 1. The highest BCUT2D eigenvalue weighted by molar-refractivity contribution is 7.61. The number of fused-ring (bicyclic) bond motifs is 2. The number of H-pyrrole nitrogens is 1. The Morgan fingerprint density at radius 1 is 0.933 bits per heavy atom. The van der Waals surface area contributed by atoms with Crippen LogP contribution in [-0.2, 0) is 36.7 Å². The second-order valence-corrected chi connectivity index (χ2v) is 16.1. The fourth-order valence-electron chi connectivity index (χ4n) is 6.31. The third-order valence-corrected chi connectivity index (χ3v) is 11.7. The smallest absolute Gasteiger partial charge is 0.441 e. The van der Waals surface area contributed by atoms with Crippen molar-refractivity contribution in [3.8, 4) is 0 Å². The van der Waals surface area contributed by atoms with Gasteiger partial charge in [-0.05, 0) is 13.0 Å². The fourth-order valence-corrected chi connectivity index (χ4v) is 8.40. The van der Waals surface area contributed by atoms with E-state index < -0.39 is 101 Å². The molecule has 5 unspecified atom stereocenters. The van der Waals surface area contributed by atoms with Crippen molar-refractivity contribution >= 4 is 61.5 Å². The third-order valence-electron chi connectivity index (χ3n) is 9.12. The molecule has 29 nitrogen and oxygen atoms in total. The molecule has 7 rings (SSSR count). The summed E-state index contributed by atoms with van der Waals surface area (Å²) in [5.74, 6) is -0.472. The first kappa shape index (κ1) is 42.7. The minimum atomic E-state index is -5.52. The normalized spacial score (nSPS) is 26.8. The third kappa shape index (κ3) is 8.61. The molecule has 1 amide bonds. The molecule has 11 atom stereocenters. The first-order valence-electron chi connectivity index (χ1n) is 17.1. The number of benzene rings is 1. The average Bonchev–Trinajstić information content (AvgIpc) is 3.94. The van der Waals surface area contributed by atoms with Crippen LogP contribution in [0.1, 0.15) is 31.0 Å². The molecular formula is C29H33N11O18P2. The number of para-hydroxylation sites is 1. The van der Waals surface area contributed by atoms with E-state index in [0.717, 1.165) is 28.1 Å². The van der Waals surface area contributed by atoms with E-state index in [-0.39, 0.29) is 45.3 Å². The molecule has 2 aliphatic heterocycles. The van der Waals surface area contributed by atoms with Crippen LogP contribution in [0.4, 0.5) is 22.2 Å². The summed E-state index contributed by atoms with van der Waals surface area (Å²) in [5.41, 5.74) is 4.32. The number of nitrogens with zero attached hydrogens (tertiary/aromatic N) is 8. The lowest BCUT2D eigenvalue weighted by atomic mass is 10.1. The maximum absolute atomic E-state index is 12.7. The predicted octanol–water partition coefficient (Wildman–Crippen LogP) is -0.751. The van der Waals surface area contributed by atoms with Crippen molar-refractivity contribution in [3.63, 3.8) is 0 Å². The summed E-state index contributed by atoms with van der Waals surface area (Å²) in [5, 5.41) is 56.4. The second kappa shape index (κ2) is 16.6. The predicted molar refractivity (Wildman–Crippen MR) is 194 cm³/mol. The highest BCUT2D eigenvalue weighted by Crippen LogP contribution is 2.61. The number of nitrogens with one attached hydrogen (secondary N) is 2. The van der Waals surface area contributed by atoms with Crippen LogP contribution in [0.5, 0.6) is 0 Å². The molecule has 0 saturated carbocycles. The van der Waals surface area contributed by atoms with Gasteiger partial charge in [-0.15, -0.1) is 0 Å². The van der Waals surface area contributed by atoms with E-state index in [1.807, 2.05) is 0 Å². The molecule has 5 aromatic rings. The lowest BCUT2D eigenvalue weighted by Crippen LogP contribution is -2.34. The Morgan fingerprint density at radius 3 is 2.10 bits per heavy atom. The number of phosphoric acid groups is 2. The SMILES string of the molecule is CC(OC(=O)Nc1ncnc2c1ncn2[C@@H]1O[C@H](COP(=O)(O)OP(=O)(O)OC[C@H]2O[C@@H](n3cnc4c(=O)[nH]c(N)nc43)C(O)[C@H]2O)C(O)[C@@H]1O)c1ccccc1[N+](=O)[O-]. The van der Waals surface area contributed by atoms with Crippen molar-refractivity contribution < 1.29 is 76.6 Å². The van der Waals surface area contributed by atoms with E-state index in [2.05, 4.69) is 39.5 Å². The van der Waals surface area contributed by atoms with Crippen molar-refractivity contribution in [2.75, 3.05) is 24.3 Å². The number of rotatable bonds is 14. The van der Waals surface area contributed by atoms with Crippen molar-refractivity contribution in [3.05, 3.63) is 69.3 Å². The Morgan fingerprint density at radius 2 is 1.50 bits per heavy atom. The molecule has 0 spiro atoms. The number of hydrogen-bond donors (Lipinski definition) is 9. The van der Waals surface area contributed by atoms with E-state index in [1.165, 1.54) is 31.2 Å². The van der Waals surface area contributed by atoms with Gasteiger partial charge in [0.2, 0.25) is 5.95 Å². The molecule has 1 aromatic carbocycles. The Kier molecular flexibility index (Phi) is 11.8. The zero-order valence-electron chi connectivity index (χ0n) is 30.3. The van der Waals surface area contributed by atoms with Gasteiger partial charge in [-0.3, -0.25) is 43.4 Å². The lowest BCUT2D eigenvalue weighted by Gasteiger charge is -2.20. The van der Waals surface area contributed by atoms with Crippen LogP contribution >= 0.6 is 15.6 Å². The van der Waals surface area contributed by atoms with Gasteiger partial charge in [-0.1, -0.05) is 12.1 Å². The number of aliphatic hydroxyl groups excluding tert-OH is 4. The molecule has 2 fully saturated rings. The fraction of sp³-hybridized carbons (Fsp3) is 0.414. The van der Waals surface area contributed by atoms with Crippen LogP contribution in [0.3, 0.4) is 0 Å². The Balaban J connectivity index is 0.941. The van der Waals surface area contributed by atoms with Crippen molar-refractivity contribution in [1.29, 1.82) is 0 Å². The largest absolute Gasteiger partial charge is 0.481 e. The van der Waals surface area contributed by atoms with Gasteiger partial charge in [0.15, 0.2) is 40.6 Å². The summed E-state index contributed by atoms with van der Waals surface area (Å²) in [6, 6.07) is 5.66. The molecule has 6 heterocycles. The number of nitrogens with two attached hydrogens (primary N) is 1. The van der Waals surface area contributed by atoms with Gasteiger partial charge in [0.05, 0.1) is 36.4 Å². The van der Waals surface area contributed by atoms with Crippen molar-refractivity contribution in [2.24, 2.45) is 0 Å². The van der Waals surface area contributed by atoms with Crippen molar-refractivity contribution in [2.45, 2.75) is 62.1 Å².